The average Bonchev–Trinajstić information content (AvgIpc) is 2.57. The molecule has 0 fully saturated rings. The molecule has 2 aromatic rings. The van der Waals surface area contributed by atoms with E-state index in [1.54, 1.807) is 50.6 Å². The van der Waals surface area contributed by atoms with Gasteiger partial charge in [0.05, 0.1) is 36.9 Å². The third-order valence-corrected chi connectivity index (χ3v) is 3.85. The van der Waals surface area contributed by atoms with Crippen LogP contribution in [-0.2, 0) is 11.2 Å². The fourth-order valence-electron chi connectivity index (χ4n) is 2.02. The van der Waals surface area contributed by atoms with Gasteiger partial charge in [-0.25, -0.2) is 5.43 Å². The molecule has 2 rings (SSSR count). The van der Waals surface area contributed by atoms with E-state index < -0.39 is 0 Å². The number of hydrogen-bond donors (Lipinski definition) is 1. The van der Waals surface area contributed by atoms with E-state index in [-0.39, 0.29) is 12.3 Å². The molecule has 2 aromatic carbocycles. The molecule has 0 bridgehead atoms. The first-order valence-electron chi connectivity index (χ1n) is 7.02. The fourth-order valence-corrected chi connectivity index (χ4v) is 2.51. The van der Waals surface area contributed by atoms with E-state index in [0.717, 1.165) is 5.56 Å². The molecule has 126 valence electrons. The van der Waals surface area contributed by atoms with Gasteiger partial charge >= 0.3 is 0 Å². The molecule has 0 heterocycles. The van der Waals surface area contributed by atoms with Gasteiger partial charge in [-0.1, -0.05) is 35.3 Å². The lowest BCUT2D eigenvalue weighted by atomic mass is 10.1. The van der Waals surface area contributed by atoms with Crippen LogP contribution in [0.3, 0.4) is 0 Å². The number of carbonyl (C=O) groups is 1. The fraction of sp³-hybridized carbons (Fsp3) is 0.176. The summed E-state index contributed by atoms with van der Waals surface area (Å²) in [4.78, 5) is 12.0. The first kappa shape index (κ1) is 18.1. The van der Waals surface area contributed by atoms with Crippen molar-refractivity contribution >= 4 is 35.3 Å². The largest absolute Gasteiger partial charge is 0.493 e. The third kappa shape index (κ3) is 4.63. The number of hydrazone groups is 1. The average molecular weight is 367 g/mol. The topological polar surface area (TPSA) is 59.9 Å². The van der Waals surface area contributed by atoms with E-state index in [2.05, 4.69) is 10.5 Å². The monoisotopic (exact) mass is 366 g/mol. The minimum atomic E-state index is -0.276. The molecule has 0 radical (unpaired) electrons. The van der Waals surface area contributed by atoms with Crippen LogP contribution in [0.5, 0.6) is 11.5 Å². The van der Waals surface area contributed by atoms with E-state index in [9.17, 15) is 4.79 Å². The molecule has 0 aliphatic rings. The molecule has 0 aliphatic heterocycles. The number of rotatable bonds is 6. The van der Waals surface area contributed by atoms with Crippen molar-refractivity contribution in [1.82, 2.24) is 5.43 Å². The predicted molar refractivity (Wildman–Crippen MR) is 95.4 cm³/mol. The Kier molecular flexibility index (Phi) is 6.46. The van der Waals surface area contributed by atoms with E-state index in [0.29, 0.717) is 27.1 Å². The van der Waals surface area contributed by atoms with Crippen molar-refractivity contribution in [3.63, 3.8) is 0 Å². The summed E-state index contributed by atoms with van der Waals surface area (Å²) in [6.07, 6.45) is 1.56. The molecule has 1 amide bonds. The molecule has 5 nitrogen and oxygen atoms in total. The van der Waals surface area contributed by atoms with Crippen LogP contribution in [0.2, 0.25) is 10.0 Å². The Balaban J connectivity index is 2.00. The molecular formula is C17H16Cl2N2O3. The van der Waals surface area contributed by atoms with Crippen LogP contribution in [0.15, 0.2) is 41.5 Å². The van der Waals surface area contributed by atoms with E-state index in [1.807, 2.05) is 0 Å². The van der Waals surface area contributed by atoms with Gasteiger partial charge in [-0.15, -0.1) is 0 Å². The van der Waals surface area contributed by atoms with Crippen LogP contribution in [0, 0.1) is 0 Å². The molecule has 1 N–H and O–H groups in total. The van der Waals surface area contributed by atoms with Crippen LogP contribution < -0.4 is 14.9 Å². The SMILES string of the molecule is COc1ccc(CC(=O)N/N=C/c2c(Cl)cccc2Cl)cc1OC. The standard InChI is InChI=1S/C17H16Cl2N2O3/c1-23-15-7-6-11(8-16(15)24-2)9-17(22)21-20-10-12-13(18)4-3-5-14(12)19/h3-8,10H,9H2,1-2H3,(H,21,22)/b20-10+. The summed E-state index contributed by atoms with van der Waals surface area (Å²) in [5, 5.41) is 4.80. The maximum absolute atomic E-state index is 12.0. The highest BCUT2D eigenvalue weighted by molar-refractivity contribution is 6.38. The summed E-state index contributed by atoms with van der Waals surface area (Å²) in [5.74, 6) is 0.892. The smallest absolute Gasteiger partial charge is 0.244 e. The summed E-state index contributed by atoms with van der Waals surface area (Å²) in [6, 6.07) is 10.4. The summed E-state index contributed by atoms with van der Waals surface area (Å²) >= 11 is 12.0. The van der Waals surface area contributed by atoms with Crippen molar-refractivity contribution in [2.24, 2.45) is 5.10 Å². The second-order valence-electron chi connectivity index (χ2n) is 4.79. The Hall–Kier alpha value is -2.24. The minimum Gasteiger partial charge on any atom is -0.493 e. The second kappa shape index (κ2) is 8.57. The van der Waals surface area contributed by atoms with Crippen LogP contribution in [-0.4, -0.2) is 26.3 Å². The van der Waals surface area contributed by atoms with Gasteiger partial charge in [0.1, 0.15) is 0 Å². The Morgan fingerprint density at radius 1 is 1.12 bits per heavy atom. The normalized spacial score (nSPS) is 10.7. The number of benzene rings is 2. The van der Waals surface area contributed by atoms with Gasteiger partial charge in [0.2, 0.25) is 5.91 Å². The number of nitrogens with one attached hydrogen (secondary N) is 1. The third-order valence-electron chi connectivity index (χ3n) is 3.20. The van der Waals surface area contributed by atoms with Crippen molar-refractivity contribution in [2.45, 2.75) is 6.42 Å². The lowest BCUT2D eigenvalue weighted by Gasteiger charge is -2.09. The Labute approximate surface area is 150 Å². The number of carbonyl (C=O) groups excluding carboxylic acids is 1. The number of halogens is 2. The van der Waals surface area contributed by atoms with Gasteiger partial charge in [-0.3, -0.25) is 4.79 Å². The number of ether oxygens (including phenoxy) is 2. The Morgan fingerprint density at radius 2 is 1.79 bits per heavy atom. The highest BCUT2D eigenvalue weighted by Crippen LogP contribution is 2.27. The Morgan fingerprint density at radius 3 is 2.42 bits per heavy atom. The predicted octanol–water partition coefficient (Wildman–Crippen LogP) is 3.70. The van der Waals surface area contributed by atoms with Crippen LogP contribution >= 0.6 is 23.2 Å². The molecule has 0 spiro atoms. The summed E-state index contributed by atoms with van der Waals surface area (Å²) in [6.45, 7) is 0. The molecule has 0 atom stereocenters. The van der Waals surface area contributed by atoms with E-state index >= 15 is 0 Å². The quantitative estimate of drug-likeness (QED) is 0.626. The number of hydrogen-bond acceptors (Lipinski definition) is 4. The highest BCUT2D eigenvalue weighted by atomic mass is 35.5. The summed E-state index contributed by atoms with van der Waals surface area (Å²) < 4.78 is 10.4. The molecule has 0 aromatic heterocycles. The first-order valence-corrected chi connectivity index (χ1v) is 7.77. The first-order chi connectivity index (χ1) is 11.5. The number of methoxy groups -OCH3 is 2. The van der Waals surface area contributed by atoms with Crippen molar-refractivity contribution in [3.8, 4) is 11.5 Å². The van der Waals surface area contributed by atoms with Gasteiger partial charge in [0.25, 0.3) is 0 Å². The zero-order valence-corrected chi connectivity index (χ0v) is 14.7. The lowest BCUT2D eigenvalue weighted by Crippen LogP contribution is -2.19. The summed E-state index contributed by atoms with van der Waals surface area (Å²) in [7, 11) is 3.10. The number of amides is 1. The van der Waals surface area contributed by atoms with Gasteiger partial charge in [0, 0.05) is 5.56 Å². The van der Waals surface area contributed by atoms with Gasteiger partial charge < -0.3 is 9.47 Å². The van der Waals surface area contributed by atoms with Crippen molar-refractivity contribution < 1.29 is 14.3 Å². The molecule has 0 saturated carbocycles. The molecule has 24 heavy (non-hydrogen) atoms. The van der Waals surface area contributed by atoms with Crippen LogP contribution in [0.25, 0.3) is 0 Å². The van der Waals surface area contributed by atoms with Crippen LogP contribution in [0.1, 0.15) is 11.1 Å². The maximum atomic E-state index is 12.0. The van der Waals surface area contributed by atoms with Crippen molar-refractivity contribution in [2.75, 3.05) is 14.2 Å². The second-order valence-corrected chi connectivity index (χ2v) is 5.61. The van der Waals surface area contributed by atoms with Gasteiger partial charge in [0.15, 0.2) is 11.5 Å². The van der Waals surface area contributed by atoms with Gasteiger partial charge in [-0.2, -0.15) is 5.10 Å². The lowest BCUT2D eigenvalue weighted by molar-refractivity contribution is -0.120. The van der Waals surface area contributed by atoms with E-state index in [1.165, 1.54) is 6.21 Å². The van der Waals surface area contributed by atoms with Crippen molar-refractivity contribution in [1.29, 1.82) is 0 Å². The molecule has 0 saturated heterocycles. The highest BCUT2D eigenvalue weighted by Gasteiger charge is 2.08. The zero-order valence-electron chi connectivity index (χ0n) is 13.2. The number of nitrogens with zero attached hydrogens (tertiary/aromatic N) is 1. The minimum absolute atomic E-state index is 0.147. The molecule has 0 unspecified atom stereocenters. The molecular weight excluding hydrogens is 351 g/mol. The van der Waals surface area contributed by atoms with E-state index in [4.69, 9.17) is 32.7 Å². The van der Waals surface area contributed by atoms with Gasteiger partial charge in [-0.05, 0) is 29.8 Å². The molecule has 0 aliphatic carbocycles. The van der Waals surface area contributed by atoms with Crippen molar-refractivity contribution in [3.05, 3.63) is 57.6 Å². The zero-order chi connectivity index (χ0) is 17.5. The maximum Gasteiger partial charge on any atom is 0.244 e. The van der Waals surface area contributed by atoms with Crippen LogP contribution in [0.4, 0.5) is 0 Å². The Bertz CT molecular complexity index is 743. The molecule has 7 heteroatoms. The summed E-state index contributed by atoms with van der Waals surface area (Å²) in [5.41, 5.74) is 3.76.